The fourth-order valence-electron chi connectivity index (χ4n) is 2.67. The van der Waals surface area contributed by atoms with Crippen LogP contribution in [0.4, 0.5) is 0 Å². The second kappa shape index (κ2) is 8.59. The van der Waals surface area contributed by atoms with Crippen LogP contribution in [0.2, 0.25) is 5.02 Å². The molecule has 0 aliphatic rings. The van der Waals surface area contributed by atoms with Gasteiger partial charge in [-0.05, 0) is 60.4 Å². The molecular formula is C21H20ClN3O. The highest BCUT2D eigenvalue weighted by Gasteiger charge is 2.05. The standard InChI is InChI=1S/C21H20ClN3O/c1-15-12-16(2-4-19(15)22)3-5-21(26)25-14-17-6-11-24-20(13-17)18-7-9-23-10-8-18/h2,4,6-13H,3,5,14H2,1H3,(H,25,26). The van der Waals surface area contributed by atoms with E-state index in [1.807, 2.05) is 49.4 Å². The summed E-state index contributed by atoms with van der Waals surface area (Å²) in [5, 5.41) is 3.72. The summed E-state index contributed by atoms with van der Waals surface area (Å²) in [5.74, 6) is 0.0277. The SMILES string of the molecule is Cc1cc(CCC(=O)NCc2ccnc(-c3ccncc3)c2)ccc1Cl. The second-order valence-electron chi connectivity index (χ2n) is 6.15. The molecule has 3 rings (SSSR count). The number of aromatic nitrogens is 2. The average molecular weight is 366 g/mol. The molecule has 0 saturated heterocycles. The minimum absolute atomic E-state index is 0.0277. The van der Waals surface area contributed by atoms with Crippen molar-refractivity contribution in [1.29, 1.82) is 0 Å². The van der Waals surface area contributed by atoms with Gasteiger partial charge in [0.1, 0.15) is 0 Å². The molecule has 4 nitrogen and oxygen atoms in total. The Morgan fingerprint density at radius 2 is 1.85 bits per heavy atom. The van der Waals surface area contributed by atoms with Crippen LogP contribution in [0.25, 0.3) is 11.3 Å². The van der Waals surface area contributed by atoms with E-state index in [-0.39, 0.29) is 5.91 Å². The number of halogens is 1. The number of nitrogens with zero attached hydrogens (tertiary/aromatic N) is 2. The highest BCUT2D eigenvalue weighted by atomic mass is 35.5. The summed E-state index contributed by atoms with van der Waals surface area (Å²) in [4.78, 5) is 20.5. The van der Waals surface area contributed by atoms with Crippen LogP contribution in [-0.2, 0) is 17.8 Å². The minimum Gasteiger partial charge on any atom is -0.352 e. The third-order valence-electron chi connectivity index (χ3n) is 4.15. The predicted molar refractivity (Wildman–Crippen MR) is 104 cm³/mol. The number of amides is 1. The number of hydrogen-bond acceptors (Lipinski definition) is 3. The van der Waals surface area contributed by atoms with Crippen LogP contribution >= 0.6 is 11.6 Å². The summed E-state index contributed by atoms with van der Waals surface area (Å²) in [6.07, 6.45) is 6.38. The Balaban J connectivity index is 1.54. The molecule has 0 atom stereocenters. The molecule has 0 radical (unpaired) electrons. The van der Waals surface area contributed by atoms with Crippen LogP contribution in [0, 0.1) is 6.92 Å². The summed E-state index contributed by atoms with van der Waals surface area (Å²) in [6.45, 7) is 2.45. The average Bonchev–Trinajstić information content (AvgIpc) is 2.68. The first-order valence-electron chi connectivity index (χ1n) is 8.49. The Kier molecular flexibility index (Phi) is 5.97. The molecular weight excluding hydrogens is 346 g/mol. The van der Waals surface area contributed by atoms with Crippen LogP contribution in [0.1, 0.15) is 23.1 Å². The quantitative estimate of drug-likeness (QED) is 0.706. The van der Waals surface area contributed by atoms with E-state index in [0.717, 1.165) is 33.0 Å². The normalized spacial score (nSPS) is 10.5. The van der Waals surface area contributed by atoms with Crippen molar-refractivity contribution in [3.8, 4) is 11.3 Å². The van der Waals surface area contributed by atoms with Crippen molar-refractivity contribution in [2.45, 2.75) is 26.3 Å². The van der Waals surface area contributed by atoms with E-state index in [4.69, 9.17) is 11.6 Å². The lowest BCUT2D eigenvalue weighted by atomic mass is 10.1. The number of nitrogens with one attached hydrogen (secondary N) is 1. The van der Waals surface area contributed by atoms with Gasteiger partial charge in [0.15, 0.2) is 0 Å². The molecule has 2 heterocycles. The molecule has 0 bridgehead atoms. The van der Waals surface area contributed by atoms with E-state index in [1.165, 1.54) is 0 Å². The van der Waals surface area contributed by atoms with Crippen molar-refractivity contribution < 1.29 is 4.79 Å². The summed E-state index contributed by atoms with van der Waals surface area (Å²) in [7, 11) is 0. The Morgan fingerprint density at radius 3 is 2.62 bits per heavy atom. The first-order chi connectivity index (χ1) is 12.6. The van der Waals surface area contributed by atoms with Gasteiger partial charge in [-0.25, -0.2) is 0 Å². The smallest absolute Gasteiger partial charge is 0.220 e. The van der Waals surface area contributed by atoms with Gasteiger partial charge in [-0.1, -0.05) is 23.7 Å². The molecule has 0 aliphatic heterocycles. The molecule has 26 heavy (non-hydrogen) atoms. The molecule has 2 aromatic heterocycles. The molecule has 5 heteroatoms. The maximum absolute atomic E-state index is 12.1. The number of benzene rings is 1. The largest absolute Gasteiger partial charge is 0.352 e. The third kappa shape index (κ3) is 4.90. The van der Waals surface area contributed by atoms with Gasteiger partial charge >= 0.3 is 0 Å². The van der Waals surface area contributed by atoms with Gasteiger partial charge < -0.3 is 5.32 Å². The number of aryl methyl sites for hydroxylation is 2. The van der Waals surface area contributed by atoms with Crippen molar-refractivity contribution in [2.75, 3.05) is 0 Å². The molecule has 0 unspecified atom stereocenters. The summed E-state index contributed by atoms with van der Waals surface area (Å²) in [5.41, 5.74) is 5.04. The van der Waals surface area contributed by atoms with Gasteiger partial charge in [-0.2, -0.15) is 0 Å². The maximum atomic E-state index is 12.1. The highest BCUT2D eigenvalue weighted by Crippen LogP contribution is 2.18. The van der Waals surface area contributed by atoms with Gasteiger partial charge in [-0.15, -0.1) is 0 Å². The topological polar surface area (TPSA) is 54.9 Å². The molecule has 3 aromatic rings. The van der Waals surface area contributed by atoms with Crippen molar-refractivity contribution in [1.82, 2.24) is 15.3 Å². The first kappa shape index (κ1) is 18.1. The van der Waals surface area contributed by atoms with Crippen molar-refractivity contribution in [2.24, 2.45) is 0 Å². The molecule has 0 spiro atoms. The van der Waals surface area contributed by atoms with Crippen LogP contribution < -0.4 is 5.32 Å². The third-order valence-corrected chi connectivity index (χ3v) is 4.58. The van der Waals surface area contributed by atoms with Gasteiger partial charge in [0.05, 0.1) is 5.69 Å². The van der Waals surface area contributed by atoms with E-state index in [9.17, 15) is 4.79 Å². The van der Waals surface area contributed by atoms with E-state index in [1.54, 1.807) is 18.6 Å². The van der Waals surface area contributed by atoms with E-state index < -0.39 is 0 Å². The van der Waals surface area contributed by atoms with Crippen LogP contribution in [-0.4, -0.2) is 15.9 Å². The second-order valence-corrected chi connectivity index (χ2v) is 6.55. The number of carbonyl (C=O) groups is 1. The molecule has 1 aromatic carbocycles. The minimum atomic E-state index is 0.0277. The molecule has 0 saturated carbocycles. The lowest BCUT2D eigenvalue weighted by molar-refractivity contribution is -0.121. The van der Waals surface area contributed by atoms with Gasteiger partial charge in [0, 0.05) is 42.1 Å². The lowest BCUT2D eigenvalue weighted by Gasteiger charge is -2.08. The number of rotatable bonds is 6. The fourth-order valence-corrected chi connectivity index (χ4v) is 2.79. The number of hydrogen-bond donors (Lipinski definition) is 1. The predicted octanol–water partition coefficient (Wildman–Crippen LogP) is 4.35. The highest BCUT2D eigenvalue weighted by molar-refractivity contribution is 6.31. The monoisotopic (exact) mass is 365 g/mol. The molecule has 1 N–H and O–H groups in total. The van der Waals surface area contributed by atoms with E-state index in [2.05, 4.69) is 15.3 Å². The number of pyridine rings is 2. The van der Waals surface area contributed by atoms with Crippen molar-refractivity contribution in [3.05, 3.63) is 82.8 Å². The van der Waals surface area contributed by atoms with Crippen molar-refractivity contribution in [3.63, 3.8) is 0 Å². The zero-order chi connectivity index (χ0) is 18.4. The Hall–Kier alpha value is -2.72. The molecule has 0 aliphatic carbocycles. The maximum Gasteiger partial charge on any atom is 0.220 e. The zero-order valence-electron chi connectivity index (χ0n) is 14.6. The summed E-state index contributed by atoms with van der Waals surface area (Å²) < 4.78 is 0. The first-order valence-corrected chi connectivity index (χ1v) is 8.86. The lowest BCUT2D eigenvalue weighted by Crippen LogP contribution is -2.23. The van der Waals surface area contributed by atoms with E-state index >= 15 is 0 Å². The molecule has 0 fully saturated rings. The van der Waals surface area contributed by atoms with Gasteiger partial charge in [-0.3, -0.25) is 14.8 Å². The Morgan fingerprint density at radius 1 is 1.04 bits per heavy atom. The summed E-state index contributed by atoms with van der Waals surface area (Å²) >= 11 is 6.03. The van der Waals surface area contributed by atoms with Crippen molar-refractivity contribution >= 4 is 17.5 Å². The van der Waals surface area contributed by atoms with Gasteiger partial charge in [0.25, 0.3) is 0 Å². The van der Waals surface area contributed by atoms with Gasteiger partial charge in [0.2, 0.25) is 5.91 Å². The molecule has 1 amide bonds. The fraction of sp³-hybridized carbons (Fsp3) is 0.190. The summed E-state index contributed by atoms with van der Waals surface area (Å²) in [6, 6.07) is 13.6. The number of carbonyl (C=O) groups excluding carboxylic acids is 1. The van der Waals surface area contributed by atoms with Crippen LogP contribution in [0.3, 0.4) is 0 Å². The van der Waals surface area contributed by atoms with Crippen LogP contribution in [0.15, 0.2) is 61.1 Å². The zero-order valence-corrected chi connectivity index (χ0v) is 15.3. The van der Waals surface area contributed by atoms with Crippen LogP contribution in [0.5, 0.6) is 0 Å². The van der Waals surface area contributed by atoms with E-state index in [0.29, 0.717) is 19.4 Å². The molecule has 132 valence electrons. The Bertz CT molecular complexity index is 897. The Labute approximate surface area is 158 Å².